The summed E-state index contributed by atoms with van der Waals surface area (Å²) in [7, 11) is 1.58. The number of pyridine rings is 1. The zero-order valence-corrected chi connectivity index (χ0v) is 20.7. The summed E-state index contributed by atoms with van der Waals surface area (Å²) < 4.78 is 6.26. The summed E-state index contributed by atoms with van der Waals surface area (Å²) in [5.41, 5.74) is 3.24. The number of carbonyl (C=O) groups is 2. The van der Waals surface area contributed by atoms with Gasteiger partial charge in [-0.3, -0.25) is 9.89 Å². The Balaban J connectivity index is 1.44. The van der Waals surface area contributed by atoms with Crippen molar-refractivity contribution in [3.8, 4) is 17.1 Å². The van der Waals surface area contributed by atoms with E-state index >= 15 is 0 Å². The quantitative estimate of drug-likeness (QED) is 0.287. The Kier molecular flexibility index (Phi) is 7.43. The van der Waals surface area contributed by atoms with Gasteiger partial charge in [-0.05, 0) is 18.2 Å². The molecule has 0 spiro atoms. The number of nitrogens with one attached hydrogen (secondary N) is 2. The molecule has 0 radical (unpaired) electrons. The minimum Gasteiger partial charge on any atom is -0.276 e. The van der Waals surface area contributed by atoms with E-state index in [9.17, 15) is 9.59 Å². The molecule has 1 aromatic carbocycles. The van der Waals surface area contributed by atoms with Crippen molar-refractivity contribution in [2.24, 2.45) is 0 Å². The molecule has 0 bridgehead atoms. The van der Waals surface area contributed by atoms with Gasteiger partial charge >= 0.3 is 136 Å². The Bertz CT molecular complexity index is 1110. The van der Waals surface area contributed by atoms with Gasteiger partial charge in [0, 0.05) is 6.20 Å². The number of piperazine rings is 1. The predicted molar refractivity (Wildman–Crippen MR) is 122 cm³/mol. The maximum atomic E-state index is 12.8. The summed E-state index contributed by atoms with van der Waals surface area (Å²) in [6.45, 7) is 2.99. The molecule has 33 heavy (non-hydrogen) atoms. The van der Waals surface area contributed by atoms with Crippen LogP contribution in [0.5, 0.6) is 5.75 Å². The van der Waals surface area contributed by atoms with Gasteiger partial charge < -0.3 is 0 Å². The Morgan fingerprint density at radius 1 is 1.15 bits per heavy atom. The number of anilines is 2. The number of methoxy groups -OCH3 is 1. The Morgan fingerprint density at radius 3 is 2.67 bits per heavy atom. The Labute approximate surface area is 202 Å². The molecule has 174 valence electrons. The third-order valence-corrected chi connectivity index (χ3v) is 6.85. The first-order chi connectivity index (χ1) is 16.1. The number of H-pyrrole nitrogens is 1. The van der Waals surface area contributed by atoms with E-state index < -0.39 is 0 Å². The van der Waals surface area contributed by atoms with Gasteiger partial charge in [0.2, 0.25) is 0 Å². The molecule has 0 unspecified atom stereocenters. The number of alkyl halides is 2. The SMILES string of the molecule is COc1cc(N2CCN(C(=O)C[I-]C)CC2)ccc1NC(=O)c1cccc(-c2ccn[nH]2)n1. The maximum absolute atomic E-state index is 12.8. The molecule has 2 N–H and O–H groups in total. The second kappa shape index (κ2) is 10.6. The van der Waals surface area contributed by atoms with Gasteiger partial charge in [-0.1, -0.05) is 6.07 Å². The van der Waals surface area contributed by atoms with Crippen LogP contribution in [0.1, 0.15) is 10.5 Å². The summed E-state index contributed by atoms with van der Waals surface area (Å²) in [6, 6.07) is 12.8. The number of amides is 2. The number of halogens is 1. The zero-order chi connectivity index (χ0) is 23.2. The predicted octanol–water partition coefficient (Wildman–Crippen LogP) is -0.900. The van der Waals surface area contributed by atoms with Crippen LogP contribution in [0.4, 0.5) is 11.4 Å². The summed E-state index contributed by atoms with van der Waals surface area (Å²) >= 11 is -0.0276. The van der Waals surface area contributed by atoms with Gasteiger partial charge in [0.05, 0.1) is 11.4 Å². The van der Waals surface area contributed by atoms with Gasteiger partial charge in [0.1, 0.15) is 5.69 Å². The van der Waals surface area contributed by atoms with Gasteiger partial charge in [-0.25, -0.2) is 4.98 Å². The number of nitrogens with zero attached hydrogens (tertiary/aromatic N) is 4. The number of benzene rings is 1. The molecule has 3 heterocycles. The summed E-state index contributed by atoms with van der Waals surface area (Å²) in [5.74, 6) is 0.513. The van der Waals surface area contributed by atoms with Gasteiger partial charge in [-0.15, -0.1) is 0 Å². The first kappa shape index (κ1) is 23.0. The number of ether oxygens (including phenoxy) is 1. The molecular formula is C23H26IN6O3-. The number of rotatable bonds is 7. The third-order valence-electron chi connectivity index (χ3n) is 5.44. The molecule has 1 fully saturated rings. The van der Waals surface area contributed by atoms with Crippen LogP contribution in [0.15, 0.2) is 48.7 Å². The van der Waals surface area contributed by atoms with Crippen LogP contribution in [0.3, 0.4) is 0 Å². The Hall–Kier alpha value is -3.15. The first-order valence-corrected chi connectivity index (χ1v) is 14.2. The van der Waals surface area contributed by atoms with E-state index in [-0.39, 0.29) is 33.0 Å². The average molecular weight is 561 g/mol. The second-order valence-corrected chi connectivity index (χ2v) is 9.77. The number of hydrogen-bond donors (Lipinski definition) is 2. The zero-order valence-electron chi connectivity index (χ0n) is 18.5. The molecule has 1 aliphatic heterocycles. The summed E-state index contributed by atoms with van der Waals surface area (Å²) in [6.07, 6.45) is 1.64. The van der Waals surface area contributed by atoms with Crippen LogP contribution < -0.4 is 36.2 Å². The van der Waals surface area contributed by atoms with E-state index in [0.717, 1.165) is 37.6 Å². The average Bonchev–Trinajstić information content (AvgIpc) is 3.40. The van der Waals surface area contributed by atoms with Crippen LogP contribution in [0, 0.1) is 0 Å². The second-order valence-electron chi connectivity index (χ2n) is 7.49. The van der Waals surface area contributed by atoms with Crippen LogP contribution in [0.25, 0.3) is 11.4 Å². The van der Waals surface area contributed by atoms with E-state index in [1.165, 1.54) is 0 Å². The van der Waals surface area contributed by atoms with Crippen LogP contribution in [-0.2, 0) is 4.79 Å². The van der Waals surface area contributed by atoms with Crippen molar-refractivity contribution in [2.75, 3.05) is 52.9 Å². The summed E-state index contributed by atoms with van der Waals surface area (Å²) in [5, 5.41) is 9.67. The van der Waals surface area contributed by atoms with Crippen molar-refractivity contribution < 1.29 is 35.5 Å². The van der Waals surface area contributed by atoms with Crippen LogP contribution in [-0.4, -0.2) is 74.5 Å². The van der Waals surface area contributed by atoms with Crippen molar-refractivity contribution in [1.29, 1.82) is 0 Å². The molecule has 9 nitrogen and oxygen atoms in total. The number of carbonyl (C=O) groups excluding carboxylic acids is 2. The third kappa shape index (κ3) is 5.44. The van der Waals surface area contributed by atoms with E-state index in [1.54, 1.807) is 31.5 Å². The van der Waals surface area contributed by atoms with Crippen molar-refractivity contribution in [1.82, 2.24) is 20.1 Å². The van der Waals surface area contributed by atoms with Gasteiger partial charge in [0.25, 0.3) is 0 Å². The molecule has 0 aliphatic carbocycles. The number of aromatic amines is 1. The standard InChI is InChI=1S/C23H26IN6O3/c1-24-15-22(31)30-12-10-29(11-13-30)16-6-7-19(21(14-16)33-2)27-23(32)20-5-3-4-17(26-20)18-8-9-25-28-18/h3-9,14H,10-13,15H2,1-2H3,(H,25,28)(H,27,32)/q-1. The molecule has 1 aliphatic rings. The molecular weight excluding hydrogens is 535 g/mol. The topological polar surface area (TPSA) is 103 Å². The van der Waals surface area contributed by atoms with E-state index in [2.05, 4.69) is 30.3 Å². The molecule has 3 aromatic rings. The van der Waals surface area contributed by atoms with Gasteiger partial charge in [0.15, 0.2) is 0 Å². The fraction of sp³-hybridized carbons (Fsp3) is 0.304. The van der Waals surface area contributed by atoms with Crippen LogP contribution in [0.2, 0.25) is 0 Å². The van der Waals surface area contributed by atoms with E-state index in [0.29, 0.717) is 27.3 Å². The minimum absolute atomic E-state index is 0.0276. The van der Waals surface area contributed by atoms with Crippen molar-refractivity contribution in [2.45, 2.75) is 0 Å². The first-order valence-electron chi connectivity index (χ1n) is 10.5. The fourth-order valence-corrected chi connectivity index (χ4v) is 4.82. The minimum atomic E-state index is -0.326. The molecule has 1 saturated heterocycles. The van der Waals surface area contributed by atoms with Crippen molar-refractivity contribution >= 4 is 23.2 Å². The molecule has 0 saturated carbocycles. The van der Waals surface area contributed by atoms with Crippen molar-refractivity contribution in [3.63, 3.8) is 0 Å². The summed E-state index contributed by atoms with van der Waals surface area (Å²) in [4.78, 5) is 35.7. The Morgan fingerprint density at radius 2 is 1.97 bits per heavy atom. The van der Waals surface area contributed by atoms with Gasteiger partial charge in [-0.2, -0.15) is 5.10 Å². The molecule has 2 aromatic heterocycles. The van der Waals surface area contributed by atoms with E-state index in [4.69, 9.17) is 4.74 Å². The van der Waals surface area contributed by atoms with Crippen molar-refractivity contribution in [3.05, 3.63) is 54.4 Å². The molecule has 0 atom stereocenters. The molecule has 4 rings (SSSR count). The monoisotopic (exact) mass is 561 g/mol. The fourth-order valence-electron chi connectivity index (χ4n) is 3.69. The smallest absolute Gasteiger partial charge is 0.276 e. The van der Waals surface area contributed by atoms with Crippen LogP contribution >= 0.6 is 0 Å². The number of hydrogen-bond acceptors (Lipinski definition) is 6. The molecule has 10 heteroatoms. The normalized spacial score (nSPS) is 13.8. The molecule has 2 amide bonds. The van der Waals surface area contributed by atoms with E-state index in [1.807, 2.05) is 29.2 Å². The number of aromatic nitrogens is 3.